The van der Waals surface area contributed by atoms with Gasteiger partial charge in [0.2, 0.25) is 0 Å². The lowest BCUT2D eigenvalue weighted by atomic mass is 10.2. The van der Waals surface area contributed by atoms with Gasteiger partial charge in [0.05, 0.1) is 11.1 Å². The van der Waals surface area contributed by atoms with E-state index in [4.69, 9.17) is 4.52 Å². The van der Waals surface area contributed by atoms with Gasteiger partial charge in [0, 0.05) is 12.4 Å². The Bertz CT molecular complexity index is 688. The van der Waals surface area contributed by atoms with Gasteiger partial charge in [-0.2, -0.15) is 4.98 Å². The molecule has 0 amide bonds. The Labute approximate surface area is 102 Å². The molecule has 0 aliphatic heterocycles. The molecule has 1 atom stereocenters. The molecular weight excluding hydrogens is 232 g/mol. The first kappa shape index (κ1) is 10.8. The van der Waals surface area contributed by atoms with E-state index in [1.807, 2.05) is 18.2 Å². The van der Waals surface area contributed by atoms with E-state index < -0.39 is 6.10 Å². The standard InChI is InChI=1S/C12H10N4O2/c1-7(17)11-15-12(18-16-11)8-3-2-4-9-10(8)14-6-5-13-9/h2-7,17H,1H3. The fourth-order valence-corrected chi connectivity index (χ4v) is 1.68. The van der Waals surface area contributed by atoms with Crippen LogP contribution >= 0.6 is 0 Å². The lowest BCUT2D eigenvalue weighted by molar-refractivity contribution is 0.184. The average molecular weight is 242 g/mol. The lowest BCUT2D eigenvalue weighted by Gasteiger charge is -1.99. The topological polar surface area (TPSA) is 84.9 Å². The summed E-state index contributed by atoms with van der Waals surface area (Å²) in [5.41, 5.74) is 2.16. The van der Waals surface area contributed by atoms with Crippen molar-refractivity contribution in [2.24, 2.45) is 0 Å². The molecule has 2 aromatic heterocycles. The van der Waals surface area contributed by atoms with Gasteiger partial charge in [-0.15, -0.1) is 0 Å². The maximum Gasteiger partial charge on any atom is 0.260 e. The number of aliphatic hydroxyl groups excluding tert-OH is 1. The summed E-state index contributed by atoms with van der Waals surface area (Å²) in [6, 6.07) is 5.53. The Morgan fingerprint density at radius 3 is 2.83 bits per heavy atom. The van der Waals surface area contributed by atoms with Gasteiger partial charge in [-0.1, -0.05) is 11.2 Å². The molecule has 0 fully saturated rings. The summed E-state index contributed by atoms with van der Waals surface area (Å²) in [7, 11) is 0. The van der Waals surface area contributed by atoms with Gasteiger partial charge in [0.15, 0.2) is 5.82 Å². The van der Waals surface area contributed by atoms with Crippen molar-refractivity contribution in [1.29, 1.82) is 0 Å². The van der Waals surface area contributed by atoms with Gasteiger partial charge in [0.1, 0.15) is 11.6 Å². The quantitative estimate of drug-likeness (QED) is 0.736. The van der Waals surface area contributed by atoms with E-state index in [1.54, 1.807) is 19.3 Å². The smallest absolute Gasteiger partial charge is 0.260 e. The maximum absolute atomic E-state index is 9.38. The van der Waals surface area contributed by atoms with Crippen molar-refractivity contribution in [3.8, 4) is 11.5 Å². The molecule has 0 aliphatic rings. The monoisotopic (exact) mass is 242 g/mol. The summed E-state index contributed by atoms with van der Waals surface area (Å²) in [4.78, 5) is 12.6. The minimum absolute atomic E-state index is 0.255. The number of fused-ring (bicyclic) bond motifs is 1. The van der Waals surface area contributed by atoms with E-state index in [9.17, 15) is 5.11 Å². The number of hydrogen-bond acceptors (Lipinski definition) is 6. The summed E-state index contributed by atoms with van der Waals surface area (Å²) < 4.78 is 5.13. The second-order valence-electron chi connectivity index (χ2n) is 3.86. The third kappa shape index (κ3) is 1.72. The van der Waals surface area contributed by atoms with Crippen LogP contribution in [0.25, 0.3) is 22.5 Å². The number of aromatic nitrogens is 4. The molecule has 0 saturated carbocycles. The zero-order valence-corrected chi connectivity index (χ0v) is 9.61. The summed E-state index contributed by atoms with van der Waals surface area (Å²) >= 11 is 0. The van der Waals surface area contributed by atoms with Crippen molar-refractivity contribution in [3.05, 3.63) is 36.4 Å². The second-order valence-corrected chi connectivity index (χ2v) is 3.86. The Hall–Kier alpha value is -2.34. The molecule has 18 heavy (non-hydrogen) atoms. The first-order chi connectivity index (χ1) is 8.75. The van der Waals surface area contributed by atoms with E-state index in [1.165, 1.54) is 0 Å². The van der Waals surface area contributed by atoms with Crippen molar-refractivity contribution in [3.63, 3.8) is 0 Å². The lowest BCUT2D eigenvalue weighted by Crippen LogP contribution is -1.93. The number of benzene rings is 1. The van der Waals surface area contributed by atoms with Crippen LogP contribution in [0, 0.1) is 0 Å². The Morgan fingerprint density at radius 2 is 2.06 bits per heavy atom. The normalized spacial score (nSPS) is 12.8. The molecule has 0 bridgehead atoms. The fourth-order valence-electron chi connectivity index (χ4n) is 1.68. The fraction of sp³-hybridized carbons (Fsp3) is 0.167. The molecule has 0 spiro atoms. The minimum Gasteiger partial charge on any atom is -0.385 e. The number of aliphatic hydroxyl groups is 1. The molecular formula is C12H10N4O2. The third-order valence-electron chi connectivity index (χ3n) is 2.54. The number of hydrogen-bond donors (Lipinski definition) is 1. The van der Waals surface area contributed by atoms with Gasteiger partial charge in [0.25, 0.3) is 5.89 Å². The molecule has 6 heteroatoms. The van der Waals surface area contributed by atoms with Gasteiger partial charge in [-0.25, -0.2) is 0 Å². The molecule has 0 radical (unpaired) electrons. The van der Waals surface area contributed by atoms with Crippen LogP contribution in [0.15, 0.2) is 35.1 Å². The molecule has 2 heterocycles. The second kappa shape index (κ2) is 4.15. The summed E-state index contributed by atoms with van der Waals surface area (Å²) in [6.45, 7) is 1.58. The van der Waals surface area contributed by atoms with Crippen LogP contribution in [0.2, 0.25) is 0 Å². The molecule has 3 aromatic rings. The highest BCUT2D eigenvalue weighted by molar-refractivity contribution is 5.88. The maximum atomic E-state index is 9.38. The summed E-state index contributed by atoms with van der Waals surface area (Å²) in [5, 5.41) is 13.1. The molecule has 1 unspecified atom stereocenters. The van der Waals surface area contributed by atoms with E-state index in [2.05, 4.69) is 20.1 Å². The Kier molecular flexibility index (Phi) is 2.49. The minimum atomic E-state index is -0.761. The predicted molar refractivity (Wildman–Crippen MR) is 63.5 cm³/mol. The van der Waals surface area contributed by atoms with Crippen LogP contribution in [0.4, 0.5) is 0 Å². The Morgan fingerprint density at radius 1 is 1.22 bits per heavy atom. The average Bonchev–Trinajstić information content (AvgIpc) is 2.87. The van der Waals surface area contributed by atoms with Crippen LogP contribution in [-0.2, 0) is 0 Å². The van der Waals surface area contributed by atoms with Crippen LogP contribution in [0.3, 0.4) is 0 Å². The molecule has 1 N–H and O–H groups in total. The van der Waals surface area contributed by atoms with Gasteiger partial charge >= 0.3 is 0 Å². The molecule has 3 rings (SSSR count). The van der Waals surface area contributed by atoms with Gasteiger partial charge in [-0.05, 0) is 19.1 Å². The molecule has 90 valence electrons. The first-order valence-corrected chi connectivity index (χ1v) is 5.47. The van der Waals surface area contributed by atoms with E-state index in [-0.39, 0.29) is 5.82 Å². The van der Waals surface area contributed by atoms with E-state index in [0.29, 0.717) is 17.0 Å². The highest BCUT2D eigenvalue weighted by Gasteiger charge is 2.15. The third-order valence-corrected chi connectivity index (χ3v) is 2.54. The van der Waals surface area contributed by atoms with Crippen molar-refractivity contribution < 1.29 is 9.63 Å². The van der Waals surface area contributed by atoms with Gasteiger partial charge < -0.3 is 9.63 Å². The van der Waals surface area contributed by atoms with E-state index in [0.717, 1.165) is 5.52 Å². The highest BCUT2D eigenvalue weighted by atomic mass is 16.5. The summed E-state index contributed by atoms with van der Waals surface area (Å²) in [6.07, 6.45) is 2.47. The zero-order valence-electron chi connectivity index (χ0n) is 9.61. The largest absolute Gasteiger partial charge is 0.385 e. The van der Waals surface area contributed by atoms with Crippen molar-refractivity contribution in [2.45, 2.75) is 13.0 Å². The number of rotatable bonds is 2. The number of para-hydroxylation sites is 1. The van der Waals surface area contributed by atoms with Crippen LogP contribution in [0.1, 0.15) is 18.9 Å². The first-order valence-electron chi connectivity index (χ1n) is 5.47. The SMILES string of the molecule is CC(O)c1noc(-c2cccc3nccnc23)n1. The van der Waals surface area contributed by atoms with Crippen molar-refractivity contribution in [1.82, 2.24) is 20.1 Å². The van der Waals surface area contributed by atoms with Gasteiger partial charge in [-0.3, -0.25) is 9.97 Å². The number of nitrogens with zero attached hydrogens (tertiary/aromatic N) is 4. The zero-order chi connectivity index (χ0) is 12.5. The predicted octanol–water partition coefficient (Wildman–Crippen LogP) is 1.73. The summed E-state index contributed by atoms with van der Waals surface area (Å²) in [5.74, 6) is 0.586. The molecule has 6 nitrogen and oxygen atoms in total. The molecule has 0 saturated heterocycles. The molecule has 1 aromatic carbocycles. The highest BCUT2D eigenvalue weighted by Crippen LogP contribution is 2.25. The molecule has 0 aliphatic carbocycles. The Balaban J connectivity index is 2.18. The van der Waals surface area contributed by atoms with Crippen molar-refractivity contribution >= 4 is 11.0 Å². The van der Waals surface area contributed by atoms with Crippen molar-refractivity contribution in [2.75, 3.05) is 0 Å². The van der Waals surface area contributed by atoms with Crippen LogP contribution in [0.5, 0.6) is 0 Å². The van der Waals surface area contributed by atoms with Crippen LogP contribution in [-0.4, -0.2) is 25.2 Å². The van der Waals surface area contributed by atoms with Crippen LogP contribution < -0.4 is 0 Å². The van der Waals surface area contributed by atoms with E-state index >= 15 is 0 Å².